The number of ether oxygens (including phenoxy) is 1. The molecule has 12 heteroatoms. The van der Waals surface area contributed by atoms with Gasteiger partial charge in [0.25, 0.3) is 0 Å². The van der Waals surface area contributed by atoms with E-state index < -0.39 is 11.9 Å². The van der Waals surface area contributed by atoms with E-state index in [1.807, 2.05) is 6.26 Å². The highest BCUT2D eigenvalue weighted by atomic mass is 79.9. The van der Waals surface area contributed by atoms with Crippen LogP contribution in [0.4, 0.5) is 0 Å². The van der Waals surface area contributed by atoms with E-state index in [1.54, 1.807) is 6.26 Å². The van der Waals surface area contributed by atoms with Gasteiger partial charge in [0, 0.05) is 12.4 Å². The Morgan fingerprint density at radius 1 is 1.00 bits per heavy atom. The first-order chi connectivity index (χ1) is 11.8. The molecular formula is C13H12Br2N4O4S2. The zero-order valence-electron chi connectivity index (χ0n) is 13.2. The van der Waals surface area contributed by atoms with Crippen molar-refractivity contribution >= 4 is 67.3 Å². The fraction of sp³-hybridized carbons (Fsp3) is 0.231. The molecule has 0 saturated carbocycles. The van der Waals surface area contributed by atoms with Gasteiger partial charge >= 0.3 is 11.9 Å². The summed E-state index contributed by atoms with van der Waals surface area (Å²) in [5.41, 5.74) is 0.246. The maximum Gasteiger partial charge on any atom is 0.358 e. The zero-order valence-corrected chi connectivity index (χ0v) is 18.0. The average molecular weight is 512 g/mol. The third-order valence-corrected chi connectivity index (χ3v) is 4.67. The molecule has 0 radical (unpaired) electrons. The molecule has 2 heterocycles. The second-order valence-electron chi connectivity index (χ2n) is 3.90. The van der Waals surface area contributed by atoms with Crippen molar-refractivity contribution in [2.45, 2.75) is 10.3 Å². The second-order valence-corrected chi connectivity index (χ2v) is 7.16. The van der Waals surface area contributed by atoms with Crippen LogP contribution in [-0.2, 0) is 4.74 Å². The van der Waals surface area contributed by atoms with Gasteiger partial charge in [-0.05, 0) is 44.4 Å². The number of esters is 1. The Morgan fingerprint density at radius 3 is 1.84 bits per heavy atom. The molecule has 25 heavy (non-hydrogen) atoms. The first kappa shape index (κ1) is 21.8. The number of nitrogens with zero attached hydrogens (tertiary/aromatic N) is 4. The summed E-state index contributed by atoms with van der Waals surface area (Å²) in [5.74, 6) is -1.52. The number of aromatic carboxylic acids is 1. The lowest BCUT2D eigenvalue weighted by molar-refractivity contribution is 0.0590. The van der Waals surface area contributed by atoms with Crippen molar-refractivity contribution in [2.24, 2.45) is 0 Å². The summed E-state index contributed by atoms with van der Waals surface area (Å²) in [6.07, 6.45) is 6.59. The number of carbonyl (C=O) groups excluding carboxylic acids is 1. The SMILES string of the molecule is COC(=O)c1nc(SC)ncc1Br.CSc1ncc(Br)c(C(=O)O)n1. The van der Waals surface area contributed by atoms with Crippen LogP contribution < -0.4 is 0 Å². The minimum atomic E-state index is -1.06. The van der Waals surface area contributed by atoms with Crippen molar-refractivity contribution in [3.63, 3.8) is 0 Å². The molecular weight excluding hydrogens is 500 g/mol. The molecule has 0 aromatic carbocycles. The van der Waals surface area contributed by atoms with E-state index in [9.17, 15) is 9.59 Å². The monoisotopic (exact) mass is 510 g/mol. The topological polar surface area (TPSA) is 115 Å². The van der Waals surface area contributed by atoms with E-state index in [0.29, 0.717) is 19.3 Å². The molecule has 134 valence electrons. The molecule has 0 bridgehead atoms. The van der Waals surface area contributed by atoms with Gasteiger partial charge < -0.3 is 9.84 Å². The number of carboxylic acids is 1. The van der Waals surface area contributed by atoms with Crippen LogP contribution in [0.15, 0.2) is 31.7 Å². The molecule has 0 aliphatic heterocycles. The van der Waals surface area contributed by atoms with Gasteiger partial charge in [0.15, 0.2) is 21.7 Å². The molecule has 0 saturated heterocycles. The van der Waals surface area contributed by atoms with Crippen LogP contribution in [0.2, 0.25) is 0 Å². The summed E-state index contributed by atoms with van der Waals surface area (Å²) < 4.78 is 5.48. The molecule has 0 fully saturated rings. The maximum absolute atomic E-state index is 11.2. The highest BCUT2D eigenvalue weighted by Crippen LogP contribution is 2.18. The number of hydrogen-bond acceptors (Lipinski definition) is 9. The Labute approximate surface area is 168 Å². The summed E-state index contributed by atoms with van der Waals surface area (Å²) in [4.78, 5) is 37.4. The summed E-state index contributed by atoms with van der Waals surface area (Å²) in [6, 6.07) is 0. The normalized spacial score (nSPS) is 9.80. The molecule has 0 unspecified atom stereocenters. The predicted molar refractivity (Wildman–Crippen MR) is 101 cm³/mol. The quantitative estimate of drug-likeness (QED) is 0.371. The van der Waals surface area contributed by atoms with E-state index in [4.69, 9.17) is 5.11 Å². The summed E-state index contributed by atoms with van der Waals surface area (Å²) in [7, 11) is 1.32. The van der Waals surface area contributed by atoms with Crippen molar-refractivity contribution < 1.29 is 19.4 Å². The third kappa shape index (κ3) is 6.53. The second kappa shape index (κ2) is 10.7. The number of carboxylic acid groups (broad SMARTS) is 1. The van der Waals surface area contributed by atoms with Gasteiger partial charge in [0.1, 0.15) is 0 Å². The molecule has 2 aromatic rings. The highest BCUT2D eigenvalue weighted by Gasteiger charge is 2.13. The molecule has 2 aromatic heterocycles. The number of aromatic nitrogens is 4. The van der Waals surface area contributed by atoms with E-state index in [1.165, 1.54) is 43.0 Å². The van der Waals surface area contributed by atoms with Crippen LogP contribution >= 0.6 is 55.4 Å². The van der Waals surface area contributed by atoms with Crippen LogP contribution in [0.25, 0.3) is 0 Å². The molecule has 0 spiro atoms. The van der Waals surface area contributed by atoms with Gasteiger partial charge in [0.05, 0.1) is 16.1 Å². The molecule has 2 rings (SSSR count). The molecule has 0 amide bonds. The Morgan fingerprint density at radius 2 is 1.44 bits per heavy atom. The molecule has 0 aliphatic rings. The number of carbonyl (C=O) groups is 2. The zero-order chi connectivity index (χ0) is 19.0. The first-order valence-corrected chi connectivity index (χ1v) is 10.3. The van der Waals surface area contributed by atoms with Crippen molar-refractivity contribution in [1.82, 2.24) is 19.9 Å². The third-order valence-electron chi connectivity index (χ3n) is 2.39. The highest BCUT2D eigenvalue weighted by molar-refractivity contribution is 9.10. The minimum Gasteiger partial charge on any atom is -0.476 e. The van der Waals surface area contributed by atoms with Crippen LogP contribution in [-0.4, -0.2) is 56.6 Å². The van der Waals surface area contributed by atoms with Crippen molar-refractivity contribution in [3.05, 3.63) is 32.7 Å². The van der Waals surface area contributed by atoms with Gasteiger partial charge in [-0.25, -0.2) is 29.5 Å². The fourth-order valence-corrected chi connectivity index (χ4v) is 2.68. The lowest BCUT2D eigenvalue weighted by Gasteiger charge is -2.01. The first-order valence-electron chi connectivity index (χ1n) is 6.28. The van der Waals surface area contributed by atoms with Crippen LogP contribution in [0.1, 0.15) is 21.0 Å². The average Bonchev–Trinajstić information content (AvgIpc) is 2.62. The Bertz CT molecular complexity index is 780. The summed E-state index contributed by atoms with van der Waals surface area (Å²) in [5, 5.41) is 9.66. The smallest absolute Gasteiger partial charge is 0.358 e. The summed E-state index contributed by atoms with van der Waals surface area (Å²) in [6.45, 7) is 0. The van der Waals surface area contributed by atoms with Gasteiger partial charge in [-0.15, -0.1) is 0 Å². The molecule has 0 aliphatic carbocycles. The largest absolute Gasteiger partial charge is 0.476 e. The van der Waals surface area contributed by atoms with Crippen LogP contribution in [0, 0.1) is 0 Å². The summed E-state index contributed by atoms with van der Waals surface area (Å²) >= 11 is 8.88. The molecule has 1 N–H and O–H groups in total. The van der Waals surface area contributed by atoms with Gasteiger partial charge in [-0.1, -0.05) is 23.5 Å². The minimum absolute atomic E-state index is 0.00523. The van der Waals surface area contributed by atoms with Gasteiger partial charge in [-0.3, -0.25) is 0 Å². The maximum atomic E-state index is 11.2. The van der Waals surface area contributed by atoms with Crippen molar-refractivity contribution in [1.29, 1.82) is 0 Å². The van der Waals surface area contributed by atoms with E-state index >= 15 is 0 Å². The lowest BCUT2D eigenvalue weighted by Crippen LogP contribution is -2.06. The molecule has 8 nitrogen and oxygen atoms in total. The van der Waals surface area contributed by atoms with Crippen LogP contribution in [0.3, 0.4) is 0 Å². The number of hydrogen-bond donors (Lipinski definition) is 1. The van der Waals surface area contributed by atoms with Gasteiger partial charge in [0.2, 0.25) is 0 Å². The fourth-order valence-electron chi connectivity index (χ4n) is 1.29. The van der Waals surface area contributed by atoms with Crippen molar-refractivity contribution in [3.8, 4) is 0 Å². The van der Waals surface area contributed by atoms with E-state index in [0.717, 1.165) is 0 Å². The van der Waals surface area contributed by atoms with E-state index in [-0.39, 0.29) is 11.4 Å². The Balaban J connectivity index is 0.000000251. The number of halogens is 2. The molecule has 0 atom stereocenters. The van der Waals surface area contributed by atoms with Crippen LogP contribution in [0.5, 0.6) is 0 Å². The Hall–Kier alpha value is -1.24. The standard InChI is InChI=1S/C7H7BrN2O2S.C6H5BrN2O2S/c1-12-6(11)5-4(8)3-9-7(10-5)13-2;1-12-6-8-2-3(7)4(9-6)5(10)11/h3H,1-2H3;2H,1H3,(H,10,11). The number of thioether (sulfide) groups is 2. The Kier molecular flexibility index (Phi) is 9.32. The van der Waals surface area contributed by atoms with Gasteiger partial charge in [-0.2, -0.15) is 0 Å². The number of rotatable bonds is 4. The lowest BCUT2D eigenvalue weighted by atomic mass is 10.4. The predicted octanol–water partition coefficient (Wildman–Crippen LogP) is 3.41. The van der Waals surface area contributed by atoms with Crippen molar-refractivity contribution in [2.75, 3.05) is 19.6 Å². The number of methoxy groups -OCH3 is 1. The van der Waals surface area contributed by atoms with E-state index in [2.05, 4.69) is 56.5 Å².